The number of fused-ring (bicyclic) bond motifs is 1. The average molecular weight is 366 g/mol. The Morgan fingerprint density at radius 2 is 1.93 bits per heavy atom. The van der Waals surface area contributed by atoms with Gasteiger partial charge in [0, 0.05) is 24.8 Å². The van der Waals surface area contributed by atoms with Crippen LogP contribution in [0.1, 0.15) is 34.9 Å². The van der Waals surface area contributed by atoms with Crippen molar-refractivity contribution >= 4 is 22.8 Å². The van der Waals surface area contributed by atoms with Crippen molar-refractivity contribution in [2.45, 2.75) is 32.4 Å². The van der Waals surface area contributed by atoms with Gasteiger partial charge in [-0.3, -0.25) is 9.48 Å². The van der Waals surface area contributed by atoms with Gasteiger partial charge in [0.25, 0.3) is 0 Å². The zero-order valence-electron chi connectivity index (χ0n) is 15.2. The number of nitrogens with zero attached hydrogens (tertiary/aromatic N) is 4. The van der Waals surface area contributed by atoms with Crippen LogP contribution in [-0.4, -0.2) is 49.3 Å². The second-order valence-corrected chi connectivity index (χ2v) is 7.01. The third kappa shape index (κ3) is 3.20. The Kier molecular flexibility index (Phi) is 4.43. The minimum Gasteiger partial charge on any atom is -0.478 e. The van der Waals surface area contributed by atoms with Crippen LogP contribution in [0.4, 0.5) is 0 Å². The predicted octanol–water partition coefficient (Wildman–Crippen LogP) is 2.71. The standard InChI is InChI=1S/C20H22N4O3/c1-14-17(20(26)27)12-21-24(14)16-7-10-22(11-8-16)19(25)13-23-9-6-15-4-2-3-5-18(15)23/h2-6,9,12,16H,7-8,10-11,13H2,1H3,(H,26,27). The molecule has 0 saturated carbocycles. The van der Waals surface area contributed by atoms with E-state index in [1.165, 1.54) is 6.20 Å². The summed E-state index contributed by atoms with van der Waals surface area (Å²) in [4.78, 5) is 25.8. The molecule has 140 valence electrons. The Bertz CT molecular complexity index is 996. The monoisotopic (exact) mass is 366 g/mol. The highest BCUT2D eigenvalue weighted by Gasteiger charge is 2.26. The van der Waals surface area contributed by atoms with Gasteiger partial charge in [-0.1, -0.05) is 18.2 Å². The molecule has 27 heavy (non-hydrogen) atoms. The van der Waals surface area contributed by atoms with Crippen molar-refractivity contribution in [2.24, 2.45) is 0 Å². The van der Waals surface area contributed by atoms with Crippen molar-refractivity contribution in [3.8, 4) is 0 Å². The Labute approximate surface area is 156 Å². The molecule has 0 aliphatic carbocycles. The number of carbonyl (C=O) groups is 2. The number of hydrogen-bond donors (Lipinski definition) is 1. The van der Waals surface area contributed by atoms with Crippen LogP contribution in [0.15, 0.2) is 42.7 Å². The van der Waals surface area contributed by atoms with E-state index in [4.69, 9.17) is 0 Å². The normalized spacial score (nSPS) is 15.4. The number of carboxylic acids is 1. The molecule has 0 spiro atoms. The number of carbonyl (C=O) groups excluding carboxylic acids is 1. The molecule has 7 heteroatoms. The Morgan fingerprint density at radius 3 is 2.63 bits per heavy atom. The lowest BCUT2D eigenvalue weighted by Gasteiger charge is -2.32. The quantitative estimate of drug-likeness (QED) is 0.770. The van der Waals surface area contributed by atoms with Gasteiger partial charge < -0.3 is 14.6 Å². The van der Waals surface area contributed by atoms with Crippen LogP contribution >= 0.6 is 0 Å². The fourth-order valence-electron chi connectivity index (χ4n) is 3.89. The Balaban J connectivity index is 1.40. The zero-order chi connectivity index (χ0) is 19.0. The third-order valence-electron chi connectivity index (χ3n) is 5.42. The van der Waals surface area contributed by atoms with Gasteiger partial charge in [0.15, 0.2) is 0 Å². The van der Waals surface area contributed by atoms with Crippen LogP contribution < -0.4 is 0 Å². The maximum absolute atomic E-state index is 12.7. The highest BCUT2D eigenvalue weighted by molar-refractivity contribution is 5.88. The lowest BCUT2D eigenvalue weighted by Crippen LogP contribution is -2.41. The third-order valence-corrected chi connectivity index (χ3v) is 5.42. The van der Waals surface area contributed by atoms with Gasteiger partial charge in [-0.2, -0.15) is 5.10 Å². The first-order valence-electron chi connectivity index (χ1n) is 9.13. The van der Waals surface area contributed by atoms with E-state index in [1.807, 2.05) is 46.0 Å². The van der Waals surface area contributed by atoms with Crippen LogP contribution in [0.2, 0.25) is 0 Å². The minimum absolute atomic E-state index is 0.109. The van der Waals surface area contributed by atoms with E-state index < -0.39 is 5.97 Å². The van der Waals surface area contributed by atoms with Crippen molar-refractivity contribution in [3.05, 3.63) is 54.0 Å². The van der Waals surface area contributed by atoms with E-state index in [2.05, 4.69) is 5.10 Å². The van der Waals surface area contributed by atoms with E-state index in [0.717, 1.165) is 23.7 Å². The molecule has 3 aromatic rings. The Morgan fingerprint density at radius 1 is 1.19 bits per heavy atom. The number of amides is 1. The summed E-state index contributed by atoms with van der Waals surface area (Å²) in [5, 5.41) is 14.6. The molecule has 1 aromatic carbocycles. The molecule has 3 heterocycles. The molecule has 4 rings (SSSR count). The molecule has 0 bridgehead atoms. The summed E-state index contributed by atoms with van der Waals surface area (Å²) < 4.78 is 3.78. The van der Waals surface area contributed by atoms with Gasteiger partial charge in [0.05, 0.1) is 17.9 Å². The highest BCUT2D eigenvalue weighted by atomic mass is 16.4. The fourth-order valence-corrected chi connectivity index (χ4v) is 3.89. The molecule has 1 amide bonds. The van der Waals surface area contributed by atoms with E-state index >= 15 is 0 Å². The molecule has 1 fully saturated rings. The summed E-state index contributed by atoms with van der Waals surface area (Å²) in [7, 11) is 0. The van der Waals surface area contributed by atoms with Crippen molar-refractivity contribution in [2.75, 3.05) is 13.1 Å². The summed E-state index contributed by atoms with van der Waals surface area (Å²) in [5.41, 5.74) is 1.98. The second kappa shape index (κ2) is 6.90. The van der Waals surface area contributed by atoms with Gasteiger partial charge in [-0.05, 0) is 37.3 Å². The molecule has 1 aliphatic heterocycles. The Hall–Kier alpha value is -3.09. The lowest BCUT2D eigenvalue weighted by molar-refractivity contribution is -0.133. The molecular formula is C20H22N4O3. The molecule has 1 aliphatic rings. The van der Waals surface area contributed by atoms with Crippen molar-refractivity contribution in [3.63, 3.8) is 0 Å². The van der Waals surface area contributed by atoms with Crippen LogP contribution in [-0.2, 0) is 11.3 Å². The topological polar surface area (TPSA) is 80.4 Å². The molecular weight excluding hydrogens is 344 g/mol. The molecule has 1 saturated heterocycles. The van der Waals surface area contributed by atoms with Gasteiger partial charge in [-0.15, -0.1) is 0 Å². The number of carboxylic acid groups (broad SMARTS) is 1. The van der Waals surface area contributed by atoms with E-state index in [-0.39, 0.29) is 17.5 Å². The van der Waals surface area contributed by atoms with Gasteiger partial charge >= 0.3 is 5.97 Å². The van der Waals surface area contributed by atoms with Crippen LogP contribution in [0.3, 0.4) is 0 Å². The number of likely N-dealkylation sites (tertiary alicyclic amines) is 1. The second-order valence-electron chi connectivity index (χ2n) is 7.01. The smallest absolute Gasteiger partial charge is 0.339 e. The predicted molar refractivity (Wildman–Crippen MR) is 101 cm³/mol. The molecule has 0 unspecified atom stereocenters. The van der Waals surface area contributed by atoms with E-state index in [0.29, 0.717) is 25.3 Å². The molecule has 1 N–H and O–H groups in total. The SMILES string of the molecule is Cc1c(C(=O)O)cnn1C1CCN(C(=O)Cn2ccc3ccccc32)CC1. The largest absolute Gasteiger partial charge is 0.478 e. The first kappa shape index (κ1) is 17.3. The van der Waals surface area contributed by atoms with Gasteiger partial charge in [0.2, 0.25) is 5.91 Å². The number of piperidine rings is 1. The summed E-state index contributed by atoms with van der Waals surface area (Å²) >= 11 is 0. The number of hydrogen-bond acceptors (Lipinski definition) is 3. The molecule has 0 atom stereocenters. The van der Waals surface area contributed by atoms with Crippen molar-refractivity contribution < 1.29 is 14.7 Å². The van der Waals surface area contributed by atoms with Gasteiger partial charge in [-0.25, -0.2) is 4.79 Å². The minimum atomic E-state index is -0.953. The van der Waals surface area contributed by atoms with Crippen molar-refractivity contribution in [1.29, 1.82) is 0 Å². The summed E-state index contributed by atoms with van der Waals surface area (Å²) in [5.74, 6) is -0.844. The van der Waals surface area contributed by atoms with Crippen molar-refractivity contribution in [1.82, 2.24) is 19.2 Å². The molecule has 2 aromatic heterocycles. The van der Waals surface area contributed by atoms with Crippen LogP contribution in [0.25, 0.3) is 10.9 Å². The molecule has 0 radical (unpaired) electrons. The summed E-state index contributed by atoms with van der Waals surface area (Å²) in [6.45, 7) is 3.43. The number of aromatic nitrogens is 3. The van der Waals surface area contributed by atoms with E-state index in [1.54, 1.807) is 11.6 Å². The average Bonchev–Trinajstić information content (AvgIpc) is 3.26. The first-order valence-corrected chi connectivity index (χ1v) is 9.13. The zero-order valence-corrected chi connectivity index (χ0v) is 15.2. The lowest BCUT2D eigenvalue weighted by atomic mass is 10.0. The number of aromatic carboxylic acids is 1. The number of rotatable bonds is 4. The summed E-state index contributed by atoms with van der Waals surface area (Å²) in [6, 6.07) is 10.2. The maximum atomic E-state index is 12.7. The highest BCUT2D eigenvalue weighted by Crippen LogP contribution is 2.25. The molecule has 7 nitrogen and oxygen atoms in total. The van der Waals surface area contributed by atoms with E-state index in [9.17, 15) is 14.7 Å². The van der Waals surface area contributed by atoms with Crippen LogP contribution in [0, 0.1) is 6.92 Å². The van der Waals surface area contributed by atoms with Gasteiger partial charge in [0.1, 0.15) is 12.1 Å². The van der Waals surface area contributed by atoms with Crippen LogP contribution in [0.5, 0.6) is 0 Å². The fraction of sp³-hybridized carbons (Fsp3) is 0.350. The number of benzene rings is 1. The summed E-state index contributed by atoms with van der Waals surface area (Å²) in [6.07, 6.45) is 4.92. The maximum Gasteiger partial charge on any atom is 0.339 e. The first-order chi connectivity index (χ1) is 13.0. The number of para-hydroxylation sites is 1.